The Kier molecular flexibility index (Phi) is 5.73. The van der Waals surface area contributed by atoms with Gasteiger partial charge in [-0.3, -0.25) is 14.6 Å². The summed E-state index contributed by atoms with van der Waals surface area (Å²) in [4.78, 5) is 52.6. The molecule has 1 N–H and O–H groups in total. The van der Waals surface area contributed by atoms with Gasteiger partial charge < -0.3 is 19.5 Å². The summed E-state index contributed by atoms with van der Waals surface area (Å²) in [7, 11) is 0. The molecule has 0 atom stereocenters. The van der Waals surface area contributed by atoms with Gasteiger partial charge in [0.25, 0.3) is 5.91 Å². The molecule has 9 heteroatoms. The number of carbonyl (C=O) groups excluding carboxylic acids is 3. The molecule has 1 fully saturated rings. The minimum absolute atomic E-state index is 0.104. The SMILES string of the molecule is O=C(c1ccccc1)c1ccc2[nH]c(C(=O)N3CCN(C(=O)Oc4cccnc4)CC3)nc2c1. The number of rotatable bonds is 4. The number of hydrogen-bond acceptors (Lipinski definition) is 6. The fraction of sp³-hybridized carbons (Fsp3) is 0.160. The first-order valence-electron chi connectivity index (χ1n) is 10.8. The van der Waals surface area contributed by atoms with E-state index in [1.54, 1.807) is 58.5 Å². The van der Waals surface area contributed by atoms with Crippen LogP contribution in [-0.4, -0.2) is 68.7 Å². The Bertz CT molecular complexity index is 1350. The van der Waals surface area contributed by atoms with Crippen molar-refractivity contribution in [2.24, 2.45) is 0 Å². The van der Waals surface area contributed by atoms with Crippen LogP contribution in [0.2, 0.25) is 0 Å². The summed E-state index contributed by atoms with van der Waals surface area (Å²) in [5, 5.41) is 0. The first-order valence-corrected chi connectivity index (χ1v) is 10.8. The average Bonchev–Trinajstić information content (AvgIpc) is 3.32. The van der Waals surface area contributed by atoms with Gasteiger partial charge in [-0.1, -0.05) is 30.3 Å². The van der Waals surface area contributed by atoms with Crippen molar-refractivity contribution in [3.63, 3.8) is 0 Å². The first-order chi connectivity index (χ1) is 16.6. The molecule has 4 aromatic rings. The Morgan fingerprint density at radius 3 is 2.35 bits per heavy atom. The number of hydrogen-bond donors (Lipinski definition) is 1. The van der Waals surface area contributed by atoms with Gasteiger partial charge in [-0.05, 0) is 30.3 Å². The summed E-state index contributed by atoms with van der Waals surface area (Å²) < 4.78 is 5.31. The number of nitrogens with one attached hydrogen (secondary N) is 1. The van der Waals surface area contributed by atoms with Gasteiger partial charge in [0.2, 0.25) is 0 Å². The summed E-state index contributed by atoms with van der Waals surface area (Å²) in [6.07, 6.45) is 2.60. The van der Waals surface area contributed by atoms with Crippen molar-refractivity contribution in [2.45, 2.75) is 0 Å². The predicted octanol–water partition coefficient (Wildman–Crippen LogP) is 3.15. The maximum absolute atomic E-state index is 13.0. The fourth-order valence-electron chi connectivity index (χ4n) is 3.82. The zero-order valence-corrected chi connectivity index (χ0v) is 18.2. The second-order valence-corrected chi connectivity index (χ2v) is 7.85. The molecule has 2 aromatic heterocycles. The van der Waals surface area contributed by atoms with E-state index in [1.807, 2.05) is 18.2 Å². The largest absolute Gasteiger partial charge is 0.415 e. The van der Waals surface area contributed by atoms with E-state index < -0.39 is 6.09 Å². The molecule has 2 aromatic carbocycles. The summed E-state index contributed by atoms with van der Waals surface area (Å²) >= 11 is 0. The lowest BCUT2D eigenvalue weighted by atomic mass is 10.0. The van der Waals surface area contributed by atoms with Gasteiger partial charge in [-0.2, -0.15) is 0 Å². The van der Waals surface area contributed by atoms with Crippen molar-refractivity contribution < 1.29 is 19.1 Å². The van der Waals surface area contributed by atoms with Crippen molar-refractivity contribution in [3.8, 4) is 5.75 Å². The summed E-state index contributed by atoms with van der Waals surface area (Å²) in [6, 6.07) is 17.5. The van der Waals surface area contributed by atoms with Crippen LogP contribution in [0.4, 0.5) is 4.79 Å². The van der Waals surface area contributed by atoms with Gasteiger partial charge in [0.1, 0.15) is 0 Å². The van der Waals surface area contributed by atoms with E-state index in [0.717, 1.165) is 0 Å². The number of aromatic amines is 1. The van der Waals surface area contributed by atoms with Crippen LogP contribution in [0.1, 0.15) is 26.5 Å². The molecule has 170 valence electrons. The lowest BCUT2D eigenvalue weighted by Crippen LogP contribution is -2.51. The van der Waals surface area contributed by atoms with Crippen molar-refractivity contribution in [2.75, 3.05) is 26.2 Å². The van der Waals surface area contributed by atoms with Crippen LogP contribution in [0.3, 0.4) is 0 Å². The third-order valence-electron chi connectivity index (χ3n) is 5.65. The molecular weight excluding hydrogens is 434 g/mol. The topological polar surface area (TPSA) is 108 Å². The van der Waals surface area contributed by atoms with E-state index in [0.29, 0.717) is 54.1 Å². The Hall–Kier alpha value is -4.53. The maximum atomic E-state index is 13.0. The van der Waals surface area contributed by atoms with E-state index in [2.05, 4.69) is 15.0 Å². The van der Waals surface area contributed by atoms with E-state index in [-0.39, 0.29) is 17.5 Å². The number of H-pyrrole nitrogens is 1. The number of fused-ring (bicyclic) bond motifs is 1. The van der Waals surface area contributed by atoms with Gasteiger partial charge in [-0.25, -0.2) is 9.78 Å². The zero-order chi connectivity index (χ0) is 23.5. The van der Waals surface area contributed by atoms with Crippen LogP contribution < -0.4 is 4.74 Å². The average molecular weight is 455 g/mol. The zero-order valence-electron chi connectivity index (χ0n) is 18.2. The number of nitrogens with zero attached hydrogens (tertiary/aromatic N) is 4. The lowest BCUT2D eigenvalue weighted by Gasteiger charge is -2.33. The highest BCUT2D eigenvalue weighted by atomic mass is 16.6. The molecule has 0 aliphatic carbocycles. The number of piperazine rings is 1. The number of aromatic nitrogens is 3. The Balaban J connectivity index is 1.24. The van der Waals surface area contributed by atoms with Crippen molar-refractivity contribution in [1.82, 2.24) is 24.8 Å². The molecular formula is C25H21N5O4. The van der Waals surface area contributed by atoms with Gasteiger partial charge in [0, 0.05) is 43.5 Å². The van der Waals surface area contributed by atoms with Crippen molar-refractivity contribution >= 4 is 28.8 Å². The number of ketones is 1. The standard InChI is InChI=1S/C25H21N5O4/c31-22(17-5-2-1-3-6-17)18-8-9-20-21(15-18)28-23(27-20)24(32)29-11-13-30(14-12-29)25(33)34-19-7-4-10-26-16-19/h1-10,15-16H,11-14H2,(H,27,28). The molecule has 0 spiro atoms. The fourth-order valence-corrected chi connectivity index (χ4v) is 3.82. The Labute approximate surface area is 195 Å². The van der Waals surface area contributed by atoms with Crippen molar-refractivity contribution in [1.29, 1.82) is 0 Å². The highest BCUT2D eigenvalue weighted by molar-refractivity contribution is 6.10. The summed E-state index contributed by atoms with van der Waals surface area (Å²) in [6.45, 7) is 1.41. The third kappa shape index (κ3) is 4.36. The van der Waals surface area contributed by atoms with Crippen LogP contribution in [0.15, 0.2) is 73.1 Å². The monoisotopic (exact) mass is 455 g/mol. The van der Waals surface area contributed by atoms with E-state index in [1.165, 1.54) is 6.20 Å². The smallest absolute Gasteiger partial charge is 0.409 e. The Morgan fingerprint density at radius 2 is 1.62 bits per heavy atom. The second kappa shape index (κ2) is 9.14. The molecule has 0 saturated carbocycles. The Morgan fingerprint density at radius 1 is 0.853 bits per heavy atom. The third-order valence-corrected chi connectivity index (χ3v) is 5.65. The van der Waals surface area contributed by atoms with Gasteiger partial charge in [-0.15, -0.1) is 0 Å². The maximum Gasteiger partial charge on any atom is 0.415 e. The van der Waals surface area contributed by atoms with E-state index in [4.69, 9.17) is 4.74 Å². The van der Waals surface area contributed by atoms with Gasteiger partial charge in [0.15, 0.2) is 17.4 Å². The van der Waals surface area contributed by atoms with Crippen molar-refractivity contribution in [3.05, 3.63) is 90.0 Å². The minimum atomic E-state index is -0.473. The second-order valence-electron chi connectivity index (χ2n) is 7.85. The van der Waals surface area contributed by atoms with E-state index >= 15 is 0 Å². The summed E-state index contributed by atoms with van der Waals surface area (Å²) in [5.74, 6) is 0.212. The van der Waals surface area contributed by atoms with Gasteiger partial charge >= 0.3 is 6.09 Å². The molecule has 1 saturated heterocycles. The highest BCUT2D eigenvalue weighted by Crippen LogP contribution is 2.18. The molecule has 0 bridgehead atoms. The summed E-state index contributed by atoms with van der Waals surface area (Å²) in [5.41, 5.74) is 2.31. The molecule has 5 rings (SSSR count). The molecule has 0 unspecified atom stereocenters. The highest BCUT2D eigenvalue weighted by Gasteiger charge is 2.27. The molecule has 1 aliphatic heterocycles. The number of benzene rings is 2. The lowest BCUT2D eigenvalue weighted by molar-refractivity contribution is 0.0623. The normalized spacial score (nSPS) is 13.6. The number of imidazole rings is 1. The van der Waals surface area contributed by atoms with Gasteiger partial charge in [0.05, 0.1) is 17.2 Å². The number of carbonyl (C=O) groups is 3. The number of ether oxygens (including phenoxy) is 1. The minimum Gasteiger partial charge on any atom is -0.409 e. The number of amides is 2. The molecule has 1 aliphatic rings. The molecule has 0 radical (unpaired) electrons. The molecule has 2 amide bonds. The molecule has 3 heterocycles. The van der Waals surface area contributed by atoms with E-state index in [9.17, 15) is 14.4 Å². The molecule has 9 nitrogen and oxygen atoms in total. The van der Waals surface area contributed by atoms with Crippen LogP contribution in [0.25, 0.3) is 11.0 Å². The van der Waals surface area contributed by atoms with Crippen LogP contribution in [0, 0.1) is 0 Å². The quantitative estimate of drug-likeness (QED) is 0.474. The van der Waals surface area contributed by atoms with Crippen LogP contribution >= 0.6 is 0 Å². The first kappa shape index (κ1) is 21.3. The molecule has 34 heavy (non-hydrogen) atoms. The van der Waals surface area contributed by atoms with Crippen LogP contribution in [0.5, 0.6) is 5.75 Å². The predicted molar refractivity (Wildman–Crippen MR) is 124 cm³/mol. The number of pyridine rings is 1. The van der Waals surface area contributed by atoms with Crippen LogP contribution in [-0.2, 0) is 0 Å².